The number of allylic oxidation sites excluding steroid dienone is 1. The lowest BCUT2D eigenvalue weighted by atomic mass is 10.2. The van der Waals surface area contributed by atoms with Crippen LogP contribution in [0.2, 0.25) is 0 Å². The van der Waals surface area contributed by atoms with Gasteiger partial charge in [-0.25, -0.2) is 14.4 Å². The third-order valence-corrected chi connectivity index (χ3v) is 4.60. The SMILES string of the molecule is CC1=C(C)S(=O)N(c2ccc([N+](=O)[O-])cc2)[C@@H]1OO. The number of hydrogen-bond acceptors (Lipinski definition) is 5. The van der Waals surface area contributed by atoms with E-state index in [1.807, 2.05) is 0 Å². The predicted octanol–water partition coefficient (Wildman–Crippen LogP) is 2.19. The van der Waals surface area contributed by atoms with Crippen molar-refractivity contribution in [1.82, 2.24) is 0 Å². The molecule has 0 saturated carbocycles. The van der Waals surface area contributed by atoms with E-state index in [1.54, 1.807) is 13.8 Å². The molecular formula is C11H12N2O5S. The second-order valence-electron chi connectivity index (χ2n) is 4.05. The minimum Gasteiger partial charge on any atom is -0.258 e. The van der Waals surface area contributed by atoms with E-state index in [2.05, 4.69) is 4.89 Å². The minimum atomic E-state index is -1.48. The van der Waals surface area contributed by atoms with Gasteiger partial charge in [0.15, 0.2) is 17.2 Å². The van der Waals surface area contributed by atoms with E-state index >= 15 is 0 Å². The molecule has 2 atom stereocenters. The van der Waals surface area contributed by atoms with E-state index in [0.29, 0.717) is 16.2 Å². The Balaban J connectivity index is 2.37. The molecule has 0 spiro atoms. The molecule has 1 N–H and O–H groups in total. The van der Waals surface area contributed by atoms with Crippen molar-refractivity contribution in [3.8, 4) is 0 Å². The molecule has 1 aliphatic heterocycles. The summed E-state index contributed by atoms with van der Waals surface area (Å²) in [6, 6.07) is 5.55. The van der Waals surface area contributed by atoms with Gasteiger partial charge in [-0.1, -0.05) is 0 Å². The molecule has 0 aromatic heterocycles. The number of hydrogen-bond donors (Lipinski definition) is 1. The molecule has 1 aromatic carbocycles. The van der Waals surface area contributed by atoms with Gasteiger partial charge in [0.25, 0.3) is 5.69 Å². The summed E-state index contributed by atoms with van der Waals surface area (Å²) in [6.45, 7) is 3.39. The summed E-state index contributed by atoms with van der Waals surface area (Å²) >= 11 is 0. The lowest BCUT2D eigenvalue weighted by molar-refractivity contribution is -0.384. The van der Waals surface area contributed by atoms with E-state index < -0.39 is 22.1 Å². The number of nitro benzene ring substituents is 1. The van der Waals surface area contributed by atoms with Gasteiger partial charge >= 0.3 is 0 Å². The standard InChI is InChI=1S/C11H12N2O5S/c1-7-8(2)19(17)12(11(7)18-16)9-3-5-10(6-4-9)13(14)15/h3-6,11,16H,1-2H3/t11-,19?/m1/s1. The number of nitro groups is 1. The molecule has 0 fully saturated rings. The van der Waals surface area contributed by atoms with Gasteiger partial charge in [-0.3, -0.25) is 14.4 Å². The molecule has 1 heterocycles. The fraction of sp³-hybridized carbons (Fsp3) is 0.273. The largest absolute Gasteiger partial charge is 0.269 e. The third-order valence-electron chi connectivity index (χ3n) is 2.99. The Morgan fingerprint density at radius 2 is 1.95 bits per heavy atom. The van der Waals surface area contributed by atoms with Crippen LogP contribution in [0.1, 0.15) is 13.8 Å². The summed E-state index contributed by atoms with van der Waals surface area (Å²) in [5.74, 6) is 0. The highest BCUT2D eigenvalue weighted by atomic mass is 32.2. The monoisotopic (exact) mass is 284 g/mol. The smallest absolute Gasteiger partial charge is 0.258 e. The van der Waals surface area contributed by atoms with Crippen LogP contribution in [0.25, 0.3) is 0 Å². The van der Waals surface area contributed by atoms with Crippen LogP contribution in [0.3, 0.4) is 0 Å². The highest BCUT2D eigenvalue weighted by Gasteiger charge is 2.36. The quantitative estimate of drug-likeness (QED) is 0.521. The van der Waals surface area contributed by atoms with Crippen molar-refractivity contribution >= 4 is 22.4 Å². The summed E-state index contributed by atoms with van der Waals surface area (Å²) < 4.78 is 13.5. The lowest BCUT2D eigenvalue weighted by Gasteiger charge is -2.23. The van der Waals surface area contributed by atoms with Gasteiger partial charge in [0.2, 0.25) is 0 Å². The van der Waals surface area contributed by atoms with Crippen molar-refractivity contribution in [3.63, 3.8) is 0 Å². The summed E-state index contributed by atoms with van der Waals surface area (Å²) in [5.41, 5.74) is 1.06. The molecule has 7 nitrogen and oxygen atoms in total. The first kappa shape index (κ1) is 13.7. The third kappa shape index (κ3) is 2.25. The van der Waals surface area contributed by atoms with Gasteiger partial charge < -0.3 is 0 Å². The van der Waals surface area contributed by atoms with Crippen LogP contribution in [0.5, 0.6) is 0 Å². The number of nitrogens with zero attached hydrogens (tertiary/aromatic N) is 2. The van der Waals surface area contributed by atoms with Crippen molar-refractivity contribution < 1.29 is 19.3 Å². The van der Waals surface area contributed by atoms with E-state index in [4.69, 9.17) is 5.26 Å². The summed E-state index contributed by atoms with van der Waals surface area (Å²) in [7, 11) is -1.48. The number of anilines is 1. The Bertz CT molecular complexity index is 569. The topological polar surface area (TPSA) is 92.9 Å². The lowest BCUT2D eigenvalue weighted by Crippen LogP contribution is -2.33. The molecule has 0 saturated heterocycles. The zero-order valence-corrected chi connectivity index (χ0v) is 11.1. The molecule has 0 bridgehead atoms. The van der Waals surface area contributed by atoms with Gasteiger partial charge in [0.1, 0.15) is 0 Å². The fourth-order valence-electron chi connectivity index (χ4n) is 1.80. The van der Waals surface area contributed by atoms with Gasteiger partial charge in [0.05, 0.1) is 10.6 Å². The van der Waals surface area contributed by atoms with Crippen LogP contribution in [-0.2, 0) is 15.9 Å². The average Bonchev–Trinajstić information content (AvgIpc) is 2.62. The fourth-order valence-corrected chi connectivity index (χ4v) is 3.15. The number of rotatable bonds is 3. The van der Waals surface area contributed by atoms with E-state index in [0.717, 1.165) is 0 Å². The molecule has 19 heavy (non-hydrogen) atoms. The van der Waals surface area contributed by atoms with Crippen LogP contribution < -0.4 is 4.31 Å². The Morgan fingerprint density at radius 3 is 2.42 bits per heavy atom. The summed E-state index contributed by atoms with van der Waals surface area (Å²) in [5, 5.41) is 19.5. The maximum Gasteiger partial charge on any atom is 0.269 e. The first-order chi connectivity index (χ1) is 8.97. The van der Waals surface area contributed by atoms with Crippen LogP contribution in [-0.4, -0.2) is 20.6 Å². The Kier molecular flexibility index (Phi) is 3.65. The van der Waals surface area contributed by atoms with Crippen LogP contribution >= 0.6 is 0 Å². The molecule has 2 rings (SSSR count). The van der Waals surface area contributed by atoms with Gasteiger partial charge in [-0.2, -0.15) is 0 Å². The van der Waals surface area contributed by atoms with Crippen molar-refractivity contribution in [2.24, 2.45) is 0 Å². The van der Waals surface area contributed by atoms with Crippen LogP contribution in [0.15, 0.2) is 34.7 Å². The van der Waals surface area contributed by atoms with Gasteiger partial charge in [0, 0.05) is 17.0 Å². The maximum atomic E-state index is 12.2. The van der Waals surface area contributed by atoms with Gasteiger partial charge in [-0.15, -0.1) is 0 Å². The van der Waals surface area contributed by atoms with E-state index in [9.17, 15) is 14.3 Å². The predicted molar refractivity (Wildman–Crippen MR) is 69.6 cm³/mol. The molecular weight excluding hydrogens is 272 g/mol. The summed E-state index contributed by atoms with van der Waals surface area (Å²) in [6.07, 6.45) is -0.845. The van der Waals surface area contributed by atoms with E-state index in [1.165, 1.54) is 28.6 Å². The molecule has 1 unspecified atom stereocenters. The first-order valence-corrected chi connectivity index (χ1v) is 6.51. The second kappa shape index (κ2) is 5.08. The Hall–Kier alpha value is -1.77. The Morgan fingerprint density at radius 1 is 1.37 bits per heavy atom. The average molecular weight is 284 g/mol. The second-order valence-corrected chi connectivity index (χ2v) is 5.55. The highest BCUT2D eigenvalue weighted by molar-refractivity contribution is 7.90. The molecule has 1 aromatic rings. The highest BCUT2D eigenvalue weighted by Crippen LogP contribution is 2.34. The maximum absolute atomic E-state index is 12.2. The first-order valence-electron chi connectivity index (χ1n) is 5.40. The molecule has 102 valence electrons. The van der Waals surface area contributed by atoms with Crippen LogP contribution in [0, 0.1) is 10.1 Å². The van der Waals surface area contributed by atoms with E-state index in [-0.39, 0.29) is 5.69 Å². The minimum absolute atomic E-state index is 0.0587. The van der Waals surface area contributed by atoms with Crippen LogP contribution in [0.4, 0.5) is 11.4 Å². The molecule has 0 amide bonds. The summed E-state index contributed by atoms with van der Waals surface area (Å²) in [4.78, 5) is 15.0. The van der Waals surface area contributed by atoms with Crippen molar-refractivity contribution in [1.29, 1.82) is 0 Å². The molecule has 1 aliphatic rings. The zero-order chi connectivity index (χ0) is 14.2. The number of non-ortho nitro benzene ring substituents is 1. The Labute approximate surface area is 111 Å². The molecule has 8 heteroatoms. The molecule has 0 radical (unpaired) electrons. The van der Waals surface area contributed by atoms with Crippen molar-refractivity contribution in [2.45, 2.75) is 20.1 Å². The molecule has 0 aliphatic carbocycles. The van der Waals surface area contributed by atoms with Crippen molar-refractivity contribution in [2.75, 3.05) is 4.31 Å². The normalized spacial score (nSPS) is 23.0. The zero-order valence-electron chi connectivity index (χ0n) is 10.3. The van der Waals surface area contributed by atoms with Crippen molar-refractivity contribution in [3.05, 3.63) is 44.9 Å². The van der Waals surface area contributed by atoms with Gasteiger partial charge in [-0.05, 0) is 31.6 Å². The number of benzene rings is 1.